The Bertz CT molecular complexity index is 867. The molecule has 0 saturated carbocycles. The van der Waals surface area contributed by atoms with E-state index in [1.807, 2.05) is 29.7 Å². The molecule has 0 spiro atoms. The Morgan fingerprint density at radius 1 is 1.32 bits per heavy atom. The number of benzene rings is 1. The highest BCUT2D eigenvalue weighted by atomic mass is 16.3. The molecule has 0 aliphatic carbocycles. The van der Waals surface area contributed by atoms with E-state index in [0.717, 1.165) is 47.8 Å². The third-order valence-corrected chi connectivity index (χ3v) is 5.94. The summed E-state index contributed by atoms with van der Waals surface area (Å²) in [6, 6.07) is 5.53. The first-order chi connectivity index (χ1) is 12.0. The lowest BCUT2D eigenvalue weighted by molar-refractivity contribution is -0.105. The highest BCUT2D eigenvalue weighted by Gasteiger charge is 2.38. The molecular weight excluding hydrogens is 316 g/mol. The quantitative estimate of drug-likeness (QED) is 0.652. The molecule has 5 heteroatoms. The fourth-order valence-electron chi connectivity index (χ4n) is 4.68. The summed E-state index contributed by atoms with van der Waals surface area (Å²) in [5.41, 5.74) is 4.10. The number of likely N-dealkylation sites (N-methyl/N-ethyl adjacent to an activating group) is 1. The zero-order chi connectivity index (χ0) is 17.7. The van der Waals surface area contributed by atoms with Gasteiger partial charge in [0.1, 0.15) is 18.3 Å². The van der Waals surface area contributed by atoms with Gasteiger partial charge in [-0.1, -0.05) is 6.08 Å². The van der Waals surface area contributed by atoms with Crippen LogP contribution in [-0.2, 0) is 11.2 Å². The molecule has 0 saturated heterocycles. The summed E-state index contributed by atoms with van der Waals surface area (Å²) in [4.78, 5) is 13.8. The van der Waals surface area contributed by atoms with Crippen molar-refractivity contribution in [2.45, 2.75) is 38.5 Å². The van der Waals surface area contributed by atoms with Crippen molar-refractivity contribution in [3.63, 3.8) is 0 Å². The monoisotopic (exact) mass is 340 g/mol. The third-order valence-electron chi connectivity index (χ3n) is 5.94. The zero-order valence-electron chi connectivity index (χ0n) is 14.6. The molecule has 3 atom stereocenters. The Kier molecular flexibility index (Phi) is 3.93. The lowest BCUT2D eigenvalue weighted by atomic mass is 9.86. The number of rotatable bonds is 2. The van der Waals surface area contributed by atoms with Gasteiger partial charge < -0.3 is 14.8 Å². The fraction of sp³-hybridized carbons (Fsp3) is 0.450. The summed E-state index contributed by atoms with van der Waals surface area (Å²) in [7, 11) is 2.11. The van der Waals surface area contributed by atoms with E-state index < -0.39 is 6.23 Å². The minimum absolute atomic E-state index is 0.0444. The lowest BCUT2D eigenvalue weighted by Crippen LogP contribution is -2.33. The minimum Gasteiger partial charge on any atom is -0.508 e. The maximum atomic E-state index is 11.5. The van der Waals surface area contributed by atoms with Crippen LogP contribution in [0, 0.1) is 5.92 Å². The summed E-state index contributed by atoms with van der Waals surface area (Å²) in [5, 5.41) is 21.9. The van der Waals surface area contributed by atoms with Crippen molar-refractivity contribution < 1.29 is 15.0 Å². The van der Waals surface area contributed by atoms with Crippen LogP contribution in [0.25, 0.3) is 10.9 Å². The molecule has 2 aromatic rings. The molecule has 2 N–H and O–H groups in total. The number of nitrogens with zero attached hydrogens (tertiary/aromatic N) is 2. The molecule has 0 radical (unpaired) electrons. The number of allylic oxidation sites excluding steroid dienone is 2. The van der Waals surface area contributed by atoms with Gasteiger partial charge >= 0.3 is 0 Å². The second-order valence-electron chi connectivity index (χ2n) is 7.24. The first-order valence-electron chi connectivity index (χ1n) is 8.90. The molecule has 132 valence electrons. The first kappa shape index (κ1) is 16.4. The van der Waals surface area contributed by atoms with Crippen LogP contribution in [0.2, 0.25) is 0 Å². The maximum Gasteiger partial charge on any atom is 0.145 e. The van der Waals surface area contributed by atoms with Crippen LogP contribution in [0.4, 0.5) is 0 Å². The van der Waals surface area contributed by atoms with Gasteiger partial charge in [0.05, 0.1) is 11.6 Å². The first-order valence-corrected chi connectivity index (χ1v) is 8.90. The van der Waals surface area contributed by atoms with Crippen LogP contribution in [0.5, 0.6) is 5.75 Å². The molecule has 5 nitrogen and oxygen atoms in total. The van der Waals surface area contributed by atoms with Crippen LogP contribution in [0.3, 0.4) is 0 Å². The Labute approximate surface area is 147 Å². The number of phenolic OH excluding ortho intramolecular Hbond substituents is 1. The summed E-state index contributed by atoms with van der Waals surface area (Å²) in [6.45, 7) is 2.82. The average Bonchev–Trinajstić information content (AvgIpc) is 2.83. The van der Waals surface area contributed by atoms with E-state index >= 15 is 0 Å². The highest BCUT2D eigenvalue weighted by molar-refractivity contribution is 5.87. The van der Waals surface area contributed by atoms with Gasteiger partial charge in [-0.05, 0) is 68.5 Å². The number of aromatic nitrogens is 1. The van der Waals surface area contributed by atoms with Crippen molar-refractivity contribution in [2.24, 2.45) is 5.92 Å². The van der Waals surface area contributed by atoms with Crippen molar-refractivity contribution in [2.75, 3.05) is 13.6 Å². The van der Waals surface area contributed by atoms with Crippen molar-refractivity contribution >= 4 is 17.2 Å². The topological polar surface area (TPSA) is 65.7 Å². The van der Waals surface area contributed by atoms with E-state index in [2.05, 4.69) is 11.9 Å². The molecule has 1 aromatic heterocycles. The van der Waals surface area contributed by atoms with E-state index in [1.165, 1.54) is 5.56 Å². The molecule has 3 heterocycles. The molecule has 0 amide bonds. The molecule has 4 rings (SSSR count). The van der Waals surface area contributed by atoms with Crippen LogP contribution < -0.4 is 0 Å². The minimum atomic E-state index is -0.674. The van der Waals surface area contributed by atoms with E-state index in [9.17, 15) is 15.0 Å². The maximum absolute atomic E-state index is 11.5. The summed E-state index contributed by atoms with van der Waals surface area (Å²) >= 11 is 0. The van der Waals surface area contributed by atoms with E-state index in [0.29, 0.717) is 6.42 Å². The smallest absolute Gasteiger partial charge is 0.145 e. The fourth-order valence-corrected chi connectivity index (χ4v) is 4.68. The number of hydrogen-bond acceptors (Lipinski definition) is 4. The molecular formula is C20H24N2O3. The van der Waals surface area contributed by atoms with E-state index in [-0.39, 0.29) is 17.7 Å². The molecule has 3 unspecified atom stereocenters. The predicted molar refractivity (Wildman–Crippen MR) is 96.5 cm³/mol. The molecule has 1 aromatic carbocycles. The molecule has 0 bridgehead atoms. The normalized spacial score (nSPS) is 27.2. The van der Waals surface area contributed by atoms with Crippen LogP contribution in [-0.4, -0.2) is 39.6 Å². The standard InChI is InChI=1S/C20H24N2O3/c1-3-12(11-23)13-8-18-20-15(6-7-21(18)2)16-10-14(24)4-5-17(16)22(20)19(25)9-13/h3-5,10-11,13,18-19,24-25H,6-9H2,1-2H3. The second-order valence-corrected chi connectivity index (χ2v) is 7.24. The van der Waals surface area contributed by atoms with Gasteiger partial charge in [0, 0.05) is 17.6 Å². The van der Waals surface area contributed by atoms with E-state index in [4.69, 9.17) is 0 Å². The molecule has 2 aliphatic rings. The van der Waals surface area contributed by atoms with E-state index in [1.54, 1.807) is 6.07 Å². The van der Waals surface area contributed by atoms with Crippen molar-refractivity contribution in [1.29, 1.82) is 0 Å². The predicted octanol–water partition coefficient (Wildman–Crippen LogP) is 2.92. The van der Waals surface area contributed by atoms with Gasteiger partial charge in [-0.15, -0.1) is 0 Å². The van der Waals surface area contributed by atoms with Crippen molar-refractivity contribution in [3.8, 4) is 5.75 Å². The molecule has 25 heavy (non-hydrogen) atoms. The van der Waals surface area contributed by atoms with Gasteiger partial charge in [0.2, 0.25) is 0 Å². The summed E-state index contributed by atoms with van der Waals surface area (Å²) in [5.74, 6) is 0.299. The Hall–Kier alpha value is -2.11. The number of hydrogen-bond donors (Lipinski definition) is 2. The number of carbonyl (C=O) groups is 1. The van der Waals surface area contributed by atoms with Crippen molar-refractivity contribution in [3.05, 3.63) is 41.1 Å². The third kappa shape index (κ3) is 2.41. The molecule has 0 fully saturated rings. The summed E-state index contributed by atoms with van der Waals surface area (Å²) in [6.07, 6.45) is 4.37. The van der Waals surface area contributed by atoms with Crippen LogP contribution >= 0.6 is 0 Å². The Morgan fingerprint density at radius 3 is 2.84 bits per heavy atom. The van der Waals surface area contributed by atoms with Gasteiger partial charge in [0.25, 0.3) is 0 Å². The van der Waals surface area contributed by atoms with Gasteiger partial charge in [0.15, 0.2) is 0 Å². The lowest BCUT2D eigenvalue weighted by Gasteiger charge is -2.34. The number of aliphatic hydroxyl groups is 1. The highest BCUT2D eigenvalue weighted by Crippen LogP contribution is 2.46. The number of aliphatic hydroxyl groups excluding tert-OH is 1. The number of aldehydes is 1. The van der Waals surface area contributed by atoms with Gasteiger partial charge in [-0.2, -0.15) is 0 Å². The Balaban J connectivity index is 1.94. The van der Waals surface area contributed by atoms with Gasteiger partial charge in [-0.25, -0.2) is 0 Å². The second kappa shape index (κ2) is 6.00. The van der Waals surface area contributed by atoms with Crippen LogP contribution in [0.15, 0.2) is 29.8 Å². The number of aromatic hydroxyl groups is 1. The summed E-state index contributed by atoms with van der Waals surface area (Å²) < 4.78 is 2.03. The number of carbonyl (C=O) groups excluding carboxylic acids is 1. The van der Waals surface area contributed by atoms with Crippen molar-refractivity contribution in [1.82, 2.24) is 9.47 Å². The zero-order valence-corrected chi connectivity index (χ0v) is 14.6. The average molecular weight is 340 g/mol. The number of phenols is 1. The largest absolute Gasteiger partial charge is 0.508 e. The Morgan fingerprint density at radius 2 is 2.12 bits per heavy atom. The SMILES string of the molecule is CC=C(C=O)C1CC2c3c(c4cc(O)ccc4n3C(O)C1)CCN2C. The van der Waals surface area contributed by atoms with Crippen LogP contribution in [0.1, 0.15) is 43.3 Å². The number of fused-ring (bicyclic) bond motifs is 3. The molecule has 2 aliphatic heterocycles. The van der Waals surface area contributed by atoms with Gasteiger partial charge in [-0.3, -0.25) is 9.69 Å².